The molecular formula is C19H25N3O. The minimum Gasteiger partial charge on any atom is -0.353 e. The van der Waals surface area contributed by atoms with Crippen LogP contribution in [0.4, 0.5) is 5.82 Å². The van der Waals surface area contributed by atoms with E-state index < -0.39 is 0 Å². The van der Waals surface area contributed by atoms with Crippen LogP contribution in [0.5, 0.6) is 0 Å². The van der Waals surface area contributed by atoms with Gasteiger partial charge >= 0.3 is 0 Å². The summed E-state index contributed by atoms with van der Waals surface area (Å²) in [6, 6.07) is 13.9. The summed E-state index contributed by atoms with van der Waals surface area (Å²) in [5.41, 5.74) is 1.88. The first-order valence-electron chi connectivity index (χ1n) is 8.13. The Morgan fingerprint density at radius 1 is 1.22 bits per heavy atom. The predicted octanol–water partition coefficient (Wildman–Crippen LogP) is 3.49. The standard InChI is InChI=1S/C19H25N3O/c1-4-22(14-16-8-6-5-7-9-16)18-12-17(10-11-20-18)19(23)21-13-15(2)3/h5-12,15H,4,13-14H2,1-3H3,(H,21,23). The van der Waals surface area contributed by atoms with Crippen LogP contribution >= 0.6 is 0 Å². The van der Waals surface area contributed by atoms with Gasteiger partial charge in [-0.3, -0.25) is 4.79 Å². The minimum absolute atomic E-state index is 0.0434. The van der Waals surface area contributed by atoms with Gasteiger partial charge < -0.3 is 10.2 Å². The second-order valence-corrected chi connectivity index (χ2v) is 6.01. The Kier molecular flexibility index (Phi) is 6.15. The smallest absolute Gasteiger partial charge is 0.251 e. The lowest BCUT2D eigenvalue weighted by molar-refractivity contribution is 0.0949. The summed E-state index contributed by atoms with van der Waals surface area (Å²) in [4.78, 5) is 18.8. The molecule has 122 valence electrons. The summed E-state index contributed by atoms with van der Waals surface area (Å²) in [6.07, 6.45) is 1.70. The fraction of sp³-hybridized carbons (Fsp3) is 0.368. The molecule has 0 bridgehead atoms. The monoisotopic (exact) mass is 311 g/mol. The van der Waals surface area contributed by atoms with Gasteiger partial charge in [0.1, 0.15) is 5.82 Å². The zero-order valence-corrected chi connectivity index (χ0v) is 14.1. The van der Waals surface area contributed by atoms with Gasteiger partial charge in [0.25, 0.3) is 5.91 Å². The van der Waals surface area contributed by atoms with Gasteiger partial charge in [-0.05, 0) is 30.5 Å². The van der Waals surface area contributed by atoms with E-state index >= 15 is 0 Å². The molecule has 2 rings (SSSR count). The van der Waals surface area contributed by atoms with E-state index in [0.717, 1.165) is 18.9 Å². The van der Waals surface area contributed by atoms with Crippen molar-refractivity contribution in [1.29, 1.82) is 0 Å². The molecule has 1 N–H and O–H groups in total. The van der Waals surface area contributed by atoms with Crippen molar-refractivity contribution in [2.45, 2.75) is 27.3 Å². The van der Waals surface area contributed by atoms with Crippen molar-refractivity contribution in [3.8, 4) is 0 Å². The molecular weight excluding hydrogens is 286 g/mol. The van der Waals surface area contributed by atoms with Gasteiger partial charge in [-0.2, -0.15) is 0 Å². The lowest BCUT2D eigenvalue weighted by atomic mass is 10.2. The van der Waals surface area contributed by atoms with Crippen molar-refractivity contribution in [1.82, 2.24) is 10.3 Å². The van der Waals surface area contributed by atoms with Crippen LogP contribution in [0.15, 0.2) is 48.7 Å². The average molecular weight is 311 g/mol. The summed E-state index contributed by atoms with van der Waals surface area (Å²) in [5.74, 6) is 1.22. The molecule has 4 nitrogen and oxygen atoms in total. The Balaban J connectivity index is 2.11. The first kappa shape index (κ1) is 17.0. The predicted molar refractivity (Wildman–Crippen MR) is 94.6 cm³/mol. The lowest BCUT2D eigenvalue weighted by Crippen LogP contribution is -2.28. The Morgan fingerprint density at radius 3 is 2.61 bits per heavy atom. The van der Waals surface area contributed by atoms with Crippen LogP contribution in [0.3, 0.4) is 0 Å². The summed E-state index contributed by atoms with van der Waals surface area (Å²) < 4.78 is 0. The highest BCUT2D eigenvalue weighted by Crippen LogP contribution is 2.16. The van der Waals surface area contributed by atoms with Crippen molar-refractivity contribution in [3.63, 3.8) is 0 Å². The fourth-order valence-corrected chi connectivity index (χ4v) is 2.29. The first-order chi connectivity index (χ1) is 11.1. The molecule has 2 aromatic rings. The van der Waals surface area contributed by atoms with Gasteiger partial charge in [-0.15, -0.1) is 0 Å². The molecule has 0 radical (unpaired) electrons. The Morgan fingerprint density at radius 2 is 1.96 bits per heavy atom. The second-order valence-electron chi connectivity index (χ2n) is 6.01. The molecule has 0 aliphatic heterocycles. The van der Waals surface area contributed by atoms with Crippen molar-refractivity contribution < 1.29 is 4.79 Å². The lowest BCUT2D eigenvalue weighted by Gasteiger charge is -2.22. The number of carbonyl (C=O) groups excluding carboxylic acids is 1. The van der Waals surface area contributed by atoms with E-state index in [0.29, 0.717) is 18.0 Å². The van der Waals surface area contributed by atoms with Crippen LogP contribution < -0.4 is 10.2 Å². The highest BCUT2D eigenvalue weighted by molar-refractivity contribution is 5.94. The second kappa shape index (κ2) is 8.32. The van der Waals surface area contributed by atoms with E-state index in [-0.39, 0.29) is 5.91 Å². The Labute approximate surface area is 138 Å². The van der Waals surface area contributed by atoms with Gasteiger partial charge in [-0.1, -0.05) is 44.2 Å². The number of rotatable bonds is 7. The van der Waals surface area contributed by atoms with Crippen molar-refractivity contribution in [2.75, 3.05) is 18.0 Å². The van der Waals surface area contributed by atoms with E-state index in [9.17, 15) is 4.79 Å². The zero-order valence-electron chi connectivity index (χ0n) is 14.1. The van der Waals surface area contributed by atoms with E-state index in [4.69, 9.17) is 0 Å². The van der Waals surface area contributed by atoms with Gasteiger partial charge in [0, 0.05) is 31.4 Å². The van der Waals surface area contributed by atoms with Crippen molar-refractivity contribution >= 4 is 11.7 Å². The van der Waals surface area contributed by atoms with Gasteiger partial charge in [0.15, 0.2) is 0 Å². The normalized spacial score (nSPS) is 10.6. The first-order valence-corrected chi connectivity index (χ1v) is 8.13. The van der Waals surface area contributed by atoms with Gasteiger partial charge in [0.2, 0.25) is 0 Å². The molecule has 23 heavy (non-hydrogen) atoms. The van der Waals surface area contributed by atoms with Crippen LogP contribution in [0.2, 0.25) is 0 Å². The molecule has 0 saturated heterocycles. The van der Waals surface area contributed by atoms with Crippen LogP contribution in [-0.4, -0.2) is 24.0 Å². The molecule has 1 aromatic heterocycles. The highest BCUT2D eigenvalue weighted by atomic mass is 16.1. The fourth-order valence-electron chi connectivity index (χ4n) is 2.29. The number of hydrogen-bond donors (Lipinski definition) is 1. The molecule has 0 spiro atoms. The summed E-state index contributed by atoms with van der Waals surface area (Å²) in [6.45, 7) is 8.54. The maximum absolute atomic E-state index is 12.2. The van der Waals surface area contributed by atoms with E-state index in [1.807, 2.05) is 24.3 Å². The van der Waals surface area contributed by atoms with Crippen LogP contribution in [-0.2, 0) is 6.54 Å². The van der Waals surface area contributed by atoms with Crippen molar-refractivity contribution in [2.24, 2.45) is 5.92 Å². The number of amides is 1. The maximum Gasteiger partial charge on any atom is 0.251 e. The van der Waals surface area contributed by atoms with E-state index in [1.54, 1.807) is 12.3 Å². The molecule has 0 unspecified atom stereocenters. The molecule has 4 heteroatoms. The number of benzene rings is 1. The topological polar surface area (TPSA) is 45.2 Å². The highest BCUT2D eigenvalue weighted by Gasteiger charge is 2.11. The number of nitrogens with zero attached hydrogens (tertiary/aromatic N) is 2. The molecule has 1 heterocycles. The SMILES string of the molecule is CCN(Cc1ccccc1)c1cc(C(=O)NCC(C)C)ccn1. The number of carbonyl (C=O) groups is 1. The molecule has 0 aliphatic carbocycles. The minimum atomic E-state index is -0.0434. The van der Waals surface area contributed by atoms with Gasteiger partial charge in [0.05, 0.1) is 0 Å². The zero-order chi connectivity index (χ0) is 16.7. The number of hydrogen-bond acceptors (Lipinski definition) is 3. The van der Waals surface area contributed by atoms with Crippen molar-refractivity contribution in [3.05, 3.63) is 59.8 Å². The number of nitrogens with one attached hydrogen (secondary N) is 1. The molecule has 0 saturated carbocycles. The Bertz CT molecular complexity index is 626. The average Bonchev–Trinajstić information content (AvgIpc) is 2.58. The van der Waals surface area contributed by atoms with E-state index in [2.05, 4.69) is 48.1 Å². The van der Waals surface area contributed by atoms with Crippen LogP contribution in [0, 0.1) is 5.92 Å². The molecule has 1 aromatic carbocycles. The molecule has 0 aliphatic rings. The third kappa shape index (κ3) is 5.09. The molecule has 0 atom stereocenters. The quantitative estimate of drug-likeness (QED) is 0.851. The number of aromatic nitrogens is 1. The number of anilines is 1. The van der Waals surface area contributed by atoms with E-state index in [1.165, 1.54) is 5.56 Å². The van der Waals surface area contributed by atoms with Crippen LogP contribution in [0.1, 0.15) is 36.7 Å². The molecule has 1 amide bonds. The molecule has 0 fully saturated rings. The maximum atomic E-state index is 12.2. The summed E-state index contributed by atoms with van der Waals surface area (Å²) in [7, 11) is 0. The number of pyridine rings is 1. The Hall–Kier alpha value is -2.36. The van der Waals surface area contributed by atoms with Gasteiger partial charge in [-0.25, -0.2) is 4.98 Å². The third-order valence-electron chi connectivity index (χ3n) is 3.60. The summed E-state index contributed by atoms with van der Waals surface area (Å²) >= 11 is 0. The largest absolute Gasteiger partial charge is 0.353 e. The summed E-state index contributed by atoms with van der Waals surface area (Å²) in [5, 5.41) is 2.95. The third-order valence-corrected chi connectivity index (χ3v) is 3.60. The van der Waals surface area contributed by atoms with Crippen LogP contribution in [0.25, 0.3) is 0 Å².